The van der Waals surface area contributed by atoms with Gasteiger partial charge >= 0.3 is 0 Å². The van der Waals surface area contributed by atoms with E-state index in [0.717, 1.165) is 25.3 Å². The highest BCUT2D eigenvalue weighted by Crippen LogP contribution is 2.34. The average molecular weight is 328 g/mol. The Hall–Kier alpha value is -1.71. The number of rotatable bonds is 5. The topological polar surface area (TPSA) is 119 Å². The van der Waals surface area contributed by atoms with E-state index in [1.165, 1.54) is 19.2 Å². The number of nitro groups is 1. The maximum atomic E-state index is 11.8. The zero-order chi connectivity index (χ0) is 16.3. The van der Waals surface area contributed by atoms with Crippen molar-refractivity contribution in [3.8, 4) is 0 Å². The van der Waals surface area contributed by atoms with E-state index in [1.807, 2.05) is 4.90 Å². The molecule has 1 heterocycles. The third-order valence-electron chi connectivity index (χ3n) is 3.93. The number of nitrogens with zero attached hydrogens (tertiary/aromatic N) is 2. The summed E-state index contributed by atoms with van der Waals surface area (Å²) < 4.78 is 25.8. The first-order chi connectivity index (χ1) is 10.4. The third kappa shape index (κ3) is 3.21. The van der Waals surface area contributed by atoms with E-state index >= 15 is 0 Å². The van der Waals surface area contributed by atoms with E-state index in [2.05, 4.69) is 4.72 Å². The van der Waals surface area contributed by atoms with Crippen molar-refractivity contribution >= 4 is 21.4 Å². The van der Waals surface area contributed by atoms with E-state index in [1.54, 1.807) is 0 Å². The summed E-state index contributed by atoms with van der Waals surface area (Å²) in [5, 5.41) is 11.4. The third-order valence-corrected chi connectivity index (χ3v) is 5.34. The van der Waals surface area contributed by atoms with Gasteiger partial charge in [0.05, 0.1) is 9.82 Å². The molecule has 8 nitrogen and oxygen atoms in total. The highest BCUT2D eigenvalue weighted by atomic mass is 32.2. The molecule has 1 aliphatic rings. The summed E-state index contributed by atoms with van der Waals surface area (Å²) in [6.45, 7) is 1.09. The molecular weight excluding hydrogens is 308 g/mol. The maximum absolute atomic E-state index is 11.8. The highest BCUT2D eigenvalue weighted by molar-refractivity contribution is 7.89. The summed E-state index contributed by atoms with van der Waals surface area (Å²) in [5.74, 6) is 0. The first-order valence-corrected chi connectivity index (χ1v) is 8.57. The van der Waals surface area contributed by atoms with Crippen LogP contribution in [0.2, 0.25) is 0 Å². The summed E-state index contributed by atoms with van der Waals surface area (Å²) in [7, 11) is -2.45. The second-order valence-electron chi connectivity index (χ2n) is 5.19. The quantitative estimate of drug-likeness (QED) is 0.610. The zero-order valence-corrected chi connectivity index (χ0v) is 13.2. The van der Waals surface area contributed by atoms with Gasteiger partial charge in [-0.15, -0.1) is 0 Å². The van der Waals surface area contributed by atoms with Gasteiger partial charge in [-0.1, -0.05) is 0 Å². The lowest BCUT2D eigenvalue weighted by atomic mass is 10.0. The average Bonchev–Trinajstić information content (AvgIpc) is 2.54. The number of piperidine rings is 1. The second kappa shape index (κ2) is 6.59. The molecule has 0 aromatic heterocycles. The summed E-state index contributed by atoms with van der Waals surface area (Å²) in [4.78, 5) is 12.6. The van der Waals surface area contributed by atoms with Crippen LogP contribution in [0.4, 0.5) is 11.4 Å². The molecule has 1 unspecified atom stereocenters. The molecule has 1 aromatic carbocycles. The van der Waals surface area contributed by atoms with Crippen LogP contribution in [0.25, 0.3) is 0 Å². The minimum Gasteiger partial charge on any atom is -0.362 e. The largest absolute Gasteiger partial charge is 0.362 e. The Labute approximate surface area is 129 Å². The molecule has 3 N–H and O–H groups in total. The Morgan fingerprint density at radius 1 is 1.45 bits per heavy atom. The molecule has 2 rings (SSSR count). The van der Waals surface area contributed by atoms with Crippen molar-refractivity contribution in [3.05, 3.63) is 28.3 Å². The Bertz CT molecular complexity index is 662. The lowest BCUT2D eigenvalue weighted by Crippen LogP contribution is -2.44. The molecule has 22 heavy (non-hydrogen) atoms. The van der Waals surface area contributed by atoms with Gasteiger partial charge in [-0.3, -0.25) is 10.1 Å². The van der Waals surface area contributed by atoms with Gasteiger partial charge < -0.3 is 10.6 Å². The standard InChI is InChI=1S/C13H20N4O4S/c1-15-22(20,21)11-5-6-12(13(8-11)17(18)19)16-7-3-2-4-10(16)9-14/h5-6,8,10,15H,2-4,7,9,14H2,1H3. The summed E-state index contributed by atoms with van der Waals surface area (Å²) in [6.07, 6.45) is 2.85. The number of sulfonamides is 1. The molecule has 0 radical (unpaired) electrons. The fraction of sp³-hybridized carbons (Fsp3) is 0.538. The molecule has 0 spiro atoms. The zero-order valence-electron chi connectivity index (χ0n) is 12.4. The SMILES string of the molecule is CNS(=O)(=O)c1ccc(N2CCCCC2CN)c([N+](=O)[O-])c1. The molecule has 9 heteroatoms. The number of hydrogen-bond donors (Lipinski definition) is 2. The van der Waals surface area contributed by atoms with Gasteiger partial charge in [0, 0.05) is 25.2 Å². The summed E-state index contributed by atoms with van der Waals surface area (Å²) >= 11 is 0. The highest BCUT2D eigenvalue weighted by Gasteiger charge is 2.28. The number of anilines is 1. The van der Waals surface area contributed by atoms with Gasteiger partial charge in [0.25, 0.3) is 5.69 Å². The Balaban J connectivity index is 2.50. The molecule has 0 bridgehead atoms. The van der Waals surface area contributed by atoms with Crippen molar-refractivity contribution in [1.82, 2.24) is 4.72 Å². The number of benzene rings is 1. The lowest BCUT2D eigenvalue weighted by molar-refractivity contribution is -0.384. The van der Waals surface area contributed by atoms with Gasteiger partial charge in [0.15, 0.2) is 0 Å². The normalized spacial score (nSPS) is 19.2. The Morgan fingerprint density at radius 3 is 2.77 bits per heavy atom. The summed E-state index contributed by atoms with van der Waals surface area (Å²) in [6, 6.07) is 4.02. The van der Waals surface area contributed by atoms with Crippen LogP contribution >= 0.6 is 0 Å². The minimum atomic E-state index is -3.72. The summed E-state index contributed by atoms with van der Waals surface area (Å²) in [5.41, 5.74) is 5.98. The number of nitro benzene ring substituents is 1. The predicted molar refractivity (Wildman–Crippen MR) is 83.4 cm³/mol. The molecule has 0 aliphatic carbocycles. The van der Waals surface area contributed by atoms with E-state index in [-0.39, 0.29) is 16.6 Å². The van der Waals surface area contributed by atoms with Crippen molar-refractivity contribution < 1.29 is 13.3 Å². The first-order valence-electron chi connectivity index (χ1n) is 7.09. The minimum absolute atomic E-state index is 0.0409. The van der Waals surface area contributed by atoms with Crippen LogP contribution < -0.4 is 15.4 Å². The van der Waals surface area contributed by atoms with E-state index in [9.17, 15) is 18.5 Å². The van der Waals surface area contributed by atoms with E-state index in [0.29, 0.717) is 18.8 Å². The van der Waals surface area contributed by atoms with Gasteiger partial charge in [-0.25, -0.2) is 13.1 Å². The smallest absolute Gasteiger partial charge is 0.293 e. The predicted octanol–water partition coefficient (Wildman–Crippen LogP) is 0.820. The Morgan fingerprint density at radius 2 is 2.18 bits per heavy atom. The number of hydrogen-bond acceptors (Lipinski definition) is 6. The van der Waals surface area contributed by atoms with Gasteiger partial charge in [-0.2, -0.15) is 0 Å². The molecular formula is C13H20N4O4S. The monoisotopic (exact) mass is 328 g/mol. The lowest BCUT2D eigenvalue weighted by Gasteiger charge is -2.36. The molecule has 0 saturated carbocycles. The molecule has 0 amide bonds. The molecule has 1 fully saturated rings. The van der Waals surface area contributed by atoms with Crippen LogP contribution in [0.5, 0.6) is 0 Å². The Kier molecular flexibility index (Phi) is 4.99. The van der Waals surface area contributed by atoms with Crippen LogP contribution in [0.15, 0.2) is 23.1 Å². The van der Waals surface area contributed by atoms with Crippen LogP contribution in [0.1, 0.15) is 19.3 Å². The van der Waals surface area contributed by atoms with E-state index < -0.39 is 14.9 Å². The van der Waals surface area contributed by atoms with Crippen LogP contribution in [-0.2, 0) is 10.0 Å². The first kappa shape index (κ1) is 16.7. The van der Waals surface area contributed by atoms with Crippen LogP contribution in [0.3, 0.4) is 0 Å². The van der Waals surface area contributed by atoms with Crippen molar-refractivity contribution in [1.29, 1.82) is 0 Å². The van der Waals surface area contributed by atoms with E-state index in [4.69, 9.17) is 5.73 Å². The molecule has 1 aromatic rings. The van der Waals surface area contributed by atoms with Crippen molar-refractivity contribution in [2.75, 3.05) is 25.0 Å². The molecule has 1 atom stereocenters. The molecule has 1 aliphatic heterocycles. The van der Waals surface area contributed by atoms with Crippen molar-refractivity contribution in [2.24, 2.45) is 5.73 Å². The number of nitrogens with two attached hydrogens (primary N) is 1. The fourth-order valence-corrected chi connectivity index (χ4v) is 3.49. The van der Waals surface area contributed by atoms with Crippen molar-refractivity contribution in [3.63, 3.8) is 0 Å². The molecule has 122 valence electrons. The second-order valence-corrected chi connectivity index (χ2v) is 7.08. The fourth-order valence-electron chi connectivity index (χ4n) is 2.74. The maximum Gasteiger partial charge on any atom is 0.293 e. The van der Waals surface area contributed by atoms with Gasteiger partial charge in [0.1, 0.15) is 5.69 Å². The van der Waals surface area contributed by atoms with Gasteiger partial charge in [0.2, 0.25) is 10.0 Å². The van der Waals surface area contributed by atoms with Gasteiger partial charge in [-0.05, 0) is 38.4 Å². The van der Waals surface area contributed by atoms with Crippen molar-refractivity contribution in [2.45, 2.75) is 30.2 Å². The van der Waals surface area contributed by atoms with Crippen LogP contribution in [0, 0.1) is 10.1 Å². The molecule has 1 saturated heterocycles. The van der Waals surface area contributed by atoms with Crippen LogP contribution in [-0.4, -0.2) is 39.5 Å². The number of nitrogens with one attached hydrogen (secondary N) is 1.